The van der Waals surface area contributed by atoms with Crippen molar-refractivity contribution in [3.8, 4) is 0 Å². The molecule has 2 heterocycles. The zero-order valence-electron chi connectivity index (χ0n) is 12.9. The van der Waals surface area contributed by atoms with Crippen molar-refractivity contribution >= 4 is 0 Å². The van der Waals surface area contributed by atoms with Crippen LogP contribution in [0.3, 0.4) is 0 Å². The van der Waals surface area contributed by atoms with E-state index in [2.05, 4.69) is 24.1 Å². The van der Waals surface area contributed by atoms with Gasteiger partial charge in [-0.1, -0.05) is 20.3 Å². The molecule has 0 saturated carbocycles. The summed E-state index contributed by atoms with van der Waals surface area (Å²) in [5, 5.41) is 3.37. The molecule has 1 aliphatic rings. The fourth-order valence-corrected chi connectivity index (χ4v) is 2.51. The molecule has 0 amide bonds. The van der Waals surface area contributed by atoms with Crippen molar-refractivity contribution in [2.24, 2.45) is 0 Å². The molecule has 0 unspecified atom stereocenters. The van der Waals surface area contributed by atoms with Crippen LogP contribution in [-0.4, -0.2) is 37.2 Å². The van der Waals surface area contributed by atoms with Gasteiger partial charge in [-0.15, -0.1) is 0 Å². The Labute approximate surface area is 122 Å². The standard InChI is InChI=1S/C16H28N2O2/c1-14(2)17-12-16-15(6-10-20-16)13-19-11-9-18-7-4-3-5-8-18/h6,10,14,17H,3-5,7-9,11-13H2,1-2H3. The van der Waals surface area contributed by atoms with E-state index >= 15 is 0 Å². The predicted molar refractivity (Wildman–Crippen MR) is 80.6 cm³/mol. The van der Waals surface area contributed by atoms with Gasteiger partial charge in [0.25, 0.3) is 0 Å². The fraction of sp³-hybridized carbons (Fsp3) is 0.750. The zero-order chi connectivity index (χ0) is 14.2. The number of likely N-dealkylation sites (tertiary alicyclic amines) is 1. The lowest BCUT2D eigenvalue weighted by molar-refractivity contribution is 0.0854. The van der Waals surface area contributed by atoms with Gasteiger partial charge in [-0.05, 0) is 32.0 Å². The summed E-state index contributed by atoms with van der Waals surface area (Å²) >= 11 is 0. The highest BCUT2D eigenvalue weighted by molar-refractivity contribution is 5.15. The lowest BCUT2D eigenvalue weighted by Gasteiger charge is -2.26. The minimum absolute atomic E-state index is 0.466. The van der Waals surface area contributed by atoms with Crippen LogP contribution in [0.5, 0.6) is 0 Å². The van der Waals surface area contributed by atoms with Gasteiger partial charge in [0.1, 0.15) is 5.76 Å². The molecule has 4 nitrogen and oxygen atoms in total. The number of hydrogen-bond donors (Lipinski definition) is 1. The molecule has 0 radical (unpaired) electrons. The minimum Gasteiger partial charge on any atom is -0.468 e. The van der Waals surface area contributed by atoms with E-state index in [1.54, 1.807) is 6.26 Å². The maximum atomic E-state index is 5.80. The number of nitrogens with one attached hydrogen (secondary N) is 1. The quantitative estimate of drug-likeness (QED) is 0.743. The third-order valence-electron chi connectivity index (χ3n) is 3.77. The number of rotatable bonds is 8. The zero-order valence-corrected chi connectivity index (χ0v) is 12.9. The summed E-state index contributed by atoms with van der Waals surface area (Å²) in [5.74, 6) is 0.997. The molecule has 0 aromatic carbocycles. The first-order chi connectivity index (χ1) is 9.75. The van der Waals surface area contributed by atoms with Crippen LogP contribution in [0.4, 0.5) is 0 Å². The molecule has 0 spiro atoms. The summed E-state index contributed by atoms with van der Waals surface area (Å²) in [6.07, 6.45) is 5.82. The first-order valence-electron chi connectivity index (χ1n) is 7.84. The molecular weight excluding hydrogens is 252 g/mol. The molecule has 1 N–H and O–H groups in total. The lowest BCUT2D eigenvalue weighted by Crippen LogP contribution is -2.32. The second-order valence-corrected chi connectivity index (χ2v) is 5.86. The van der Waals surface area contributed by atoms with Crippen molar-refractivity contribution in [3.05, 3.63) is 23.7 Å². The minimum atomic E-state index is 0.466. The van der Waals surface area contributed by atoms with E-state index in [1.165, 1.54) is 32.4 Å². The Hall–Kier alpha value is -0.840. The number of hydrogen-bond acceptors (Lipinski definition) is 4. The average Bonchev–Trinajstić information content (AvgIpc) is 2.90. The van der Waals surface area contributed by atoms with Gasteiger partial charge in [-0.3, -0.25) is 0 Å². The van der Waals surface area contributed by atoms with Gasteiger partial charge in [0.2, 0.25) is 0 Å². The monoisotopic (exact) mass is 280 g/mol. The van der Waals surface area contributed by atoms with E-state index in [-0.39, 0.29) is 0 Å². The number of ether oxygens (including phenoxy) is 1. The Bertz CT molecular complexity index is 370. The average molecular weight is 280 g/mol. The highest BCUT2D eigenvalue weighted by atomic mass is 16.5. The van der Waals surface area contributed by atoms with E-state index in [1.807, 2.05) is 6.07 Å². The summed E-state index contributed by atoms with van der Waals surface area (Å²) in [6.45, 7) is 10.0. The van der Waals surface area contributed by atoms with Crippen molar-refractivity contribution in [3.63, 3.8) is 0 Å². The maximum Gasteiger partial charge on any atom is 0.123 e. The topological polar surface area (TPSA) is 37.6 Å². The van der Waals surface area contributed by atoms with Gasteiger partial charge in [-0.25, -0.2) is 0 Å². The van der Waals surface area contributed by atoms with Gasteiger partial charge in [-0.2, -0.15) is 0 Å². The predicted octanol–water partition coefficient (Wildman–Crippen LogP) is 2.78. The van der Waals surface area contributed by atoms with Crippen LogP contribution >= 0.6 is 0 Å². The van der Waals surface area contributed by atoms with Crippen molar-refractivity contribution in [2.45, 2.75) is 52.3 Å². The molecular formula is C16H28N2O2. The van der Waals surface area contributed by atoms with Gasteiger partial charge < -0.3 is 19.4 Å². The molecule has 0 bridgehead atoms. The summed E-state index contributed by atoms with van der Waals surface area (Å²) in [5.41, 5.74) is 1.16. The van der Waals surface area contributed by atoms with Crippen LogP contribution in [0, 0.1) is 0 Å². The summed E-state index contributed by atoms with van der Waals surface area (Å²) in [7, 11) is 0. The molecule has 1 aliphatic heterocycles. The first kappa shape index (κ1) is 15.5. The highest BCUT2D eigenvalue weighted by Gasteiger charge is 2.10. The maximum absolute atomic E-state index is 5.80. The van der Waals surface area contributed by atoms with Crippen LogP contribution in [0.25, 0.3) is 0 Å². The Morgan fingerprint density at radius 2 is 2.10 bits per heavy atom. The molecule has 20 heavy (non-hydrogen) atoms. The van der Waals surface area contributed by atoms with Crippen molar-refractivity contribution in [2.75, 3.05) is 26.2 Å². The summed E-state index contributed by atoms with van der Waals surface area (Å²) < 4.78 is 11.3. The molecule has 1 aromatic rings. The SMILES string of the molecule is CC(C)NCc1occc1COCCN1CCCCC1. The molecule has 1 saturated heterocycles. The third kappa shape index (κ3) is 5.27. The van der Waals surface area contributed by atoms with E-state index < -0.39 is 0 Å². The lowest BCUT2D eigenvalue weighted by atomic mass is 10.1. The number of piperidine rings is 1. The largest absolute Gasteiger partial charge is 0.468 e. The fourth-order valence-electron chi connectivity index (χ4n) is 2.51. The van der Waals surface area contributed by atoms with Crippen LogP contribution in [0.1, 0.15) is 44.4 Å². The normalized spacial score (nSPS) is 16.9. The Kier molecular flexibility index (Phi) is 6.57. The highest BCUT2D eigenvalue weighted by Crippen LogP contribution is 2.12. The van der Waals surface area contributed by atoms with Gasteiger partial charge >= 0.3 is 0 Å². The molecule has 114 valence electrons. The number of furan rings is 1. The van der Waals surface area contributed by atoms with Crippen molar-refractivity contribution in [1.29, 1.82) is 0 Å². The Morgan fingerprint density at radius 1 is 1.30 bits per heavy atom. The summed E-state index contributed by atoms with van der Waals surface area (Å²) in [6, 6.07) is 2.48. The second kappa shape index (κ2) is 8.45. The smallest absolute Gasteiger partial charge is 0.123 e. The first-order valence-corrected chi connectivity index (χ1v) is 7.84. The van der Waals surface area contributed by atoms with Gasteiger partial charge in [0, 0.05) is 18.2 Å². The molecule has 0 atom stereocenters. The van der Waals surface area contributed by atoms with Crippen molar-refractivity contribution < 1.29 is 9.15 Å². The number of nitrogens with zero attached hydrogens (tertiary/aromatic N) is 1. The Balaban J connectivity index is 1.64. The van der Waals surface area contributed by atoms with Crippen LogP contribution < -0.4 is 5.32 Å². The molecule has 0 aliphatic carbocycles. The Morgan fingerprint density at radius 3 is 2.85 bits per heavy atom. The van der Waals surface area contributed by atoms with E-state index in [0.717, 1.165) is 31.0 Å². The third-order valence-corrected chi connectivity index (χ3v) is 3.77. The van der Waals surface area contributed by atoms with Crippen molar-refractivity contribution in [1.82, 2.24) is 10.2 Å². The van der Waals surface area contributed by atoms with Gasteiger partial charge in [0.05, 0.1) is 26.0 Å². The molecule has 4 heteroatoms. The van der Waals surface area contributed by atoms with Crippen LogP contribution in [0.15, 0.2) is 16.7 Å². The van der Waals surface area contributed by atoms with Crippen LogP contribution in [0.2, 0.25) is 0 Å². The summed E-state index contributed by atoms with van der Waals surface area (Å²) in [4.78, 5) is 2.50. The van der Waals surface area contributed by atoms with E-state index in [4.69, 9.17) is 9.15 Å². The van der Waals surface area contributed by atoms with Gasteiger partial charge in [0.15, 0.2) is 0 Å². The molecule has 1 aromatic heterocycles. The second-order valence-electron chi connectivity index (χ2n) is 5.86. The van der Waals surface area contributed by atoms with E-state index in [9.17, 15) is 0 Å². The van der Waals surface area contributed by atoms with E-state index in [0.29, 0.717) is 12.6 Å². The molecule has 1 fully saturated rings. The van der Waals surface area contributed by atoms with Crippen LogP contribution in [-0.2, 0) is 17.9 Å². The molecule has 2 rings (SSSR count).